The van der Waals surface area contributed by atoms with Crippen molar-refractivity contribution < 1.29 is 53.8 Å². The fourth-order valence-corrected chi connectivity index (χ4v) is 4.42. The monoisotopic (exact) mass is 499 g/mol. The molecular weight excluding hydrogens is 481 g/mol. The van der Waals surface area contributed by atoms with Gasteiger partial charge in [-0.1, -0.05) is 6.92 Å². The summed E-state index contributed by atoms with van der Waals surface area (Å²) in [6, 6.07) is 0. The molecule has 1 heterocycles. The summed E-state index contributed by atoms with van der Waals surface area (Å²) in [7, 11) is 0. The number of ether oxygens (including phenoxy) is 1. The first-order valence-corrected chi connectivity index (χ1v) is 10.0. The Morgan fingerprint density at radius 1 is 1.03 bits per heavy atom. The number of rotatable bonds is 6. The Balaban J connectivity index is 2.47. The SMILES string of the molecule is CC1CCc2c(sc(NC(=O)C(F)(F)C(F)(F)C(F)(F)C(F)(F)F)c2C(=O)OC(C)C)C1. The van der Waals surface area contributed by atoms with Crippen LogP contribution in [0.25, 0.3) is 0 Å². The lowest BCUT2D eigenvalue weighted by Crippen LogP contribution is -2.64. The zero-order valence-electron chi connectivity index (χ0n) is 16.8. The number of carbonyl (C=O) groups is 2. The molecule has 1 aliphatic carbocycles. The number of nitrogens with one attached hydrogen (secondary N) is 1. The fraction of sp³-hybridized carbons (Fsp3) is 0.667. The van der Waals surface area contributed by atoms with Crippen molar-refractivity contribution in [2.24, 2.45) is 5.92 Å². The molecule has 1 amide bonds. The zero-order chi connectivity index (χ0) is 24.9. The number of anilines is 1. The lowest BCUT2D eigenvalue weighted by molar-refractivity contribution is -0.388. The van der Waals surface area contributed by atoms with E-state index in [0.29, 0.717) is 34.6 Å². The van der Waals surface area contributed by atoms with Gasteiger partial charge >= 0.3 is 35.8 Å². The first kappa shape index (κ1) is 26.3. The van der Waals surface area contributed by atoms with Crippen LogP contribution < -0.4 is 5.32 Å². The number of hydrogen-bond acceptors (Lipinski definition) is 4. The highest BCUT2D eigenvalue weighted by atomic mass is 32.1. The zero-order valence-corrected chi connectivity index (χ0v) is 17.6. The number of hydrogen-bond donors (Lipinski definition) is 1. The summed E-state index contributed by atoms with van der Waals surface area (Å²) in [5.74, 6) is -24.9. The predicted octanol–water partition coefficient (Wildman–Crippen LogP) is 5.84. The number of esters is 1. The van der Waals surface area contributed by atoms with Gasteiger partial charge in [0.15, 0.2) is 0 Å². The third kappa shape index (κ3) is 4.42. The van der Waals surface area contributed by atoms with Gasteiger partial charge in [0, 0.05) is 4.88 Å². The van der Waals surface area contributed by atoms with E-state index >= 15 is 0 Å². The van der Waals surface area contributed by atoms with E-state index in [-0.39, 0.29) is 12.3 Å². The lowest BCUT2D eigenvalue weighted by Gasteiger charge is -2.32. The van der Waals surface area contributed by atoms with Crippen LogP contribution in [0.5, 0.6) is 0 Å². The molecule has 0 aliphatic heterocycles. The quantitative estimate of drug-likeness (QED) is 0.395. The van der Waals surface area contributed by atoms with Crippen molar-refractivity contribution in [1.82, 2.24) is 0 Å². The highest BCUT2D eigenvalue weighted by Crippen LogP contribution is 2.53. The average molecular weight is 499 g/mol. The predicted molar refractivity (Wildman–Crippen MR) is 95.6 cm³/mol. The molecule has 1 aliphatic rings. The molecule has 182 valence electrons. The Labute approximate surface area is 180 Å². The highest BCUT2D eigenvalue weighted by molar-refractivity contribution is 7.17. The van der Waals surface area contributed by atoms with E-state index in [1.807, 2.05) is 6.92 Å². The topological polar surface area (TPSA) is 55.4 Å². The van der Waals surface area contributed by atoms with E-state index in [1.165, 1.54) is 19.2 Å². The van der Waals surface area contributed by atoms with Crippen LogP contribution in [0, 0.1) is 5.92 Å². The molecule has 2 rings (SSSR count). The number of carbonyl (C=O) groups excluding carboxylic acids is 2. The van der Waals surface area contributed by atoms with Gasteiger partial charge in [-0.05, 0) is 44.6 Å². The van der Waals surface area contributed by atoms with Crippen molar-refractivity contribution in [1.29, 1.82) is 0 Å². The van der Waals surface area contributed by atoms with Gasteiger partial charge in [-0.3, -0.25) is 4.79 Å². The summed E-state index contributed by atoms with van der Waals surface area (Å²) >= 11 is 0.568. The second kappa shape index (κ2) is 8.41. The molecule has 1 N–H and O–H groups in total. The maximum absolute atomic E-state index is 13.9. The highest BCUT2D eigenvalue weighted by Gasteiger charge is 2.83. The largest absolute Gasteiger partial charge is 0.460 e. The Morgan fingerprint density at radius 2 is 1.59 bits per heavy atom. The van der Waals surface area contributed by atoms with Crippen LogP contribution in [0.4, 0.5) is 44.5 Å². The van der Waals surface area contributed by atoms with Crippen LogP contribution in [-0.2, 0) is 22.4 Å². The molecule has 0 fully saturated rings. The first-order valence-electron chi connectivity index (χ1n) is 9.21. The van der Waals surface area contributed by atoms with Crippen molar-refractivity contribution in [3.8, 4) is 0 Å². The van der Waals surface area contributed by atoms with Gasteiger partial charge in [0.05, 0.1) is 11.7 Å². The normalized spacial score (nSPS) is 17.8. The molecule has 0 bridgehead atoms. The van der Waals surface area contributed by atoms with E-state index in [0.717, 1.165) is 0 Å². The molecule has 1 aromatic rings. The average Bonchev–Trinajstić information content (AvgIpc) is 2.96. The standard InChI is InChI=1S/C18H18F9NO3S/c1-7(2)31-13(29)11-9-5-4-8(3)6-10(9)32-12(11)28-14(30)15(19,20)16(21,22)17(23,24)18(25,26)27/h7-8H,4-6H2,1-3H3,(H,28,30). The van der Waals surface area contributed by atoms with Crippen molar-refractivity contribution in [2.45, 2.75) is 70.1 Å². The molecule has 0 spiro atoms. The second-order valence-electron chi connectivity index (χ2n) is 7.69. The molecule has 0 saturated heterocycles. The van der Waals surface area contributed by atoms with Crippen LogP contribution in [0.3, 0.4) is 0 Å². The molecular formula is C18H18F9NO3S. The molecule has 0 aromatic carbocycles. The fourth-order valence-electron chi connectivity index (χ4n) is 3.03. The Bertz CT molecular complexity index is 893. The van der Waals surface area contributed by atoms with Crippen molar-refractivity contribution in [3.63, 3.8) is 0 Å². The molecule has 1 unspecified atom stereocenters. The minimum Gasteiger partial charge on any atom is -0.459 e. The number of alkyl halides is 9. The number of halogens is 9. The van der Waals surface area contributed by atoms with Gasteiger partial charge < -0.3 is 10.1 Å². The van der Waals surface area contributed by atoms with Gasteiger partial charge in [0.25, 0.3) is 0 Å². The minimum absolute atomic E-state index is 0.0925. The first-order chi connectivity index (χ1) is 14.3. The van der Waals surface area contributed by atoms with Crippen LogP contribution in [-0.4, -0.2) is 41.9 Å². The van der Waals surface area contributed by atoms with E-state index in [2.05, 4.69) is 0 Å². The Morgan fingerprint density at radius 3 is 2.09 bits per heavy atom. The van der Waals surface area contributed by atoms with Gasteiger partial charge in [0.2, 0.25) is 0 Å². The maximum Gasteiger partial charge on any atom is 0.460 e. The maximum atomic E-state index is 13.9. The molecule has 0 saturated carbocycles. The molecule has 4 nitrogen and oxygen atoms in total. The lowest BCUT2D eigenvalue weighted by atomic mass is 9.88. The summed E-state index contributed by atoms with van der Waals surface area (Å²) in [5, 5.41) is 0.565. The van der Waals surface area contributed by atoms with E-state index in [4.69, 9.17) is 4.74 Å². The Hall–Kier alpha value is -1.99. The number of amides is 1. The molecule has 32 heavy (non-hydrogen) atoms. The molecule has 1 atom stereocenters. The second-order valence-corrected chi connectivity index (χ2v) is 8.79. The molecule has 1 aromatic heterocycles. The van der Waals surface area contributed by atoms with Gasteiger partial charge in [-0.25, -0.2) is 4.79 Å². The van der Waals surface area contributed by atoms with E-state index in [9.17, 15) is 49.1 Å². The van der Waals surface area contributed by atoms with Crippen molar-refractivity contribution in [2.75, 3.05) is 5.32 Å². The van der Waals surface area contributed by atoms with Crippen LogP contribution >= 0.6 is 11.3 Å². The van der Waals surface area contributed by atoms with Gasteiger partial charge in [-0.15, -0.1) is 11.3 Å². The van der Waals surface area contributed by atoms with E-state index < -0.39 is 52.5 Å². The summed E-state index contributed by atoms with van der Waals surface area (Å²) in [5.41, 5.74) is -0.106. The molecule has 0 radical (unpaired) electrons. The summed E-state index contributed by atoms with van der Waals surface area (Å²) < 4.78 is 123. The Kier molecular flexibility index (Phi) is 6.91. The van der Waals surface area contributed by atoms with Crippen LogP contribution in [0.15, 0.2) is 0 Å². The summed E-state index contributed by atoms with van der Waals surface area (Å²) in [4.78, 5) is 24.7. The van der Waals surface area contributed by atoms with Crippen LogP contribution in [0.1, 0.15) is 48.0 Å². The van der Waals surface area contributed by atoms with Gasteiger partial charge in [0.1, 0.15) is 5.00 Å². The third-order valence-corrected chi connectivity index (χ3v) is 5.89. The number of thiophene rings is 1. The van der Waals surface area contributed by atoms with Crippen molar-refractivity contribution >= 4 is 28.2 Å². The van der Waals surface area contributed by atoms with Crippen LogP contribution in [0.2, 0.25) is 0 Å². The molecule has 14 heteroatoms. The van der Waals surface area contributed by atoms with Gasteiger partial charge in [-0.2, -0.15) is 39.5 Å². The summed E-state index contributed by atoms with van der Waals surface area (Å²) in [6.45, 7) is 4.73. The smallest absolute Gasteiger partial charge is 0.459 e. The third-order valence-electron chi connectivity index (χ3n) is 4.72. The van der Waals surface area contributed by atoms with Crippen molar-refractivity contribution in [3.05, 3.63) is 16.0 Å². The minimum atomic E-state index is -7.20. The summed E-state index contributed by atoms with van der Waals surface area (Å²) in [6.07, 6.45) is -6.59. The number of fused-ring (bicyclic) bond motifs is 1. The van der Waals surface area contributed by atoms with E-state index in [1.54, 1.807) is 0 Å².